The highest BCUT2D eigenvalue weighted by Gasteiger charge is 2.35. The predicted octanol–water partition coefficient (Wildman–Crippen LogP) is 6.92. The van der Waals surface area contributed by atoms with E-state index in [0.717, 1.165) is 101 Å². The number of halogens is 2. The summed E-state index contributed by atoms with van der Waals surface area (Å²) in [7, 11) is 2.45. The molecule has 2 atom stereocenters. The molecule has 14 heteroatoms. The zero-order valence-corrected chi connectivity index (χ0v) is 35.0. The summed E-state index contributed by atoms with van der Waals surface area (Å²) in [6, 6.07) is 19.4. The molecule has 3 saturated heterocycles. The molecule has 0 aliphatic carbocycles. The molecule has 2 aromatic carbocycles. The number of amides is 1. The zero-order valence-electron chi connectivity index (χ0n) is 33.5. The molecule has 3 aromatic rings. The number of ether oxygens (including phenoxy) is 2. The number of esters is 2. The van der Waals surface area contributed by atoms with Gasteiger partial charge in [-0.15, -0.1) is 0 Å². The summed E-state index contributed by atoms with van der Waals surface area (Å²) in [5.41, 5.74) is 9.19. The van der Waals surface area contributed by atoms with Crippen molar-refractivity contribution < 1.29 is 28.9 Å². The molecule has 3 aliphatic rings. The van der Waals surface area contributed by atoms with Crippen molar-refractivity contribution in [2.45, 2.75) is 76.6 Å². The van der Waals surface area contributed by atoms with E-state index in [1.165, 1.54) is 14.2 Å². The van der Waals surface area contributed by atoms with Crippen LogP contribution < -0.4 is 5.73 Å². The lowest BCUT2D eigenvalue weighted by molar-refractivity contribution is -0.142. The van der Waals surface area contributed by atoms with E-state index in [1.807, 2.05) is 65.6 Å². The number of piperidine rings is 3. The minimum atomic E-state index is -0.407. The monoisotopic (exact) mass is 821 g/mol. The van der Waals surface area contributed by atoms with Crippen molar-refractivity contribution in [3.05, 3.63) is 93.6 Å². The number of nitrogens with two attached hydrogens (primary N) is 1. The third-order valence-electron chi connectivity index (χ3n) is 12.1. The minimum Gasteiger partial charge on any atom is -0.469 e. The van der Waals surface area contributed by atoms with Crippen molar-refractivity contribution in [3.63, 3.8) is 0 Å². The van der Waals surface area contributed by atoms with Gasteiger partial charge in [0.15, 0.2) is 0 Å². The molecular weight excluding hydrogens is 764 g/mol. The van der Waals surface area contributed by atoms with Crippen molar-refractivity contribution in [3.8, 4) is 0 Å². The summed E-state index contributed by atoms with van der Waals surface area (Å²) < 4.78 is 9.83. The topological polar surface area (TPSA) is 139 Å². The molecule has 0 bridgehead atoms. The lowest BCUT2D eigenvalue weighted by atomic mass is 9.75. The van der Waals surface area contributed by atoms with Gasteiger partial charge >= 0.3 is 19.0 Å². The number of anilines is 1. The van der Waals surface area contributed by atoms with Crippen molar-refractivity contribution in [1.82, 2.24) is 19.6 Å². The molecule has 3 N–H and O–H groups in total. The van der Waals surface area contributed by atoms with Crippen molar-refractivity contribution in [2.24, 2.45) is 17.8 Å². The average molecular weight is 823 g/mol. The van der Waals surface area contributed by atoms with Gasteiger partial charge in [0, 0.05) is 41.8 Å². The molecule has 4 heterocycles. The van der Waals surface area contributed by atoms with Gasteiger partial charge in [-0.3, -0.25) is 19.3 Å². The number of pyridine rings is 1. The van der Waals surface area contributed by atoms with E-state index in [-0.39, 0.29) is 35.6 Å². The van der Waals surface area contributed by atoms with E-state index in [2.05, 4.69) is 14.7 Å². The normalized spacial score (nSPS) is 18.5. The molecule has 2 unspecified atom stereocenters. The van der Waals surface area contributed by atoms with E-state index in [4.69, 9.17) is 38.4 Å². The number of nitrogen functional groups attached to an aromatic ring is 1. The summed E-state index contributed by atoms with van der Waals surface area (Å²) in [6.45, 7) is 7.65. The van der Waals surface area contributed by atoms with Crippen LogP contribution in [0.25, 0.3) is 0 Å². The summed E-state index contributed by atoms with van der Waals surface area (Å²) in [5, 5.41) is 11.1. The number of carbonyl (C=O) groups excluding carboxylic acids is 3. The fraction of sp³-hybridized carbons (Fsp3) is 0.535. The van der Waals surface area contributed by atoms with E-state index >= 15 is 0 Å². The van der Waals surface area contributed by atoms with Gasteiger partial charge < -0.3 is 29.9 Å². The fourth-order valence-electron chi connectivity index (χ4n) is 8.72. The molecule has 1 amide bonds. The quantitative estimate of drug-likeness (QED) is 0.146. The first kappa shape index (κ1) is 44.4. The van der Waals surface area contributed by atoms with Gasteiger partial charge in [0.25, 0.3) is 0 Å². The van der Waals surface area contributed by atoms with Crippen LogP contribution in [0.1, 0.15) is 79.9 Å². The lowest BCUT2D eigenvalue weighted by Gasteiger charge is -2.39. The number of aromatic nitrogens is 1. The summed E-state index contributed by atoms with van der Waals surface area (Å²) >= 11 is 12.0. The summed E-state index contributed by atoms with van der Waals surface area (Å²) in [6.07, 6.45) is 7.95. The molecule has 3 aliphatic heterocycles. The van der Waals surface area contributed by atoms with Crippen LogP contribution >= 0.6 is 23.2 Å². The largest absolute Gasteiger partial charge is 0.469 e. The van der Waals surface area contributed by atoms with Crippen molar-refractivity contribution in [2.75, 3.05) is 59.2 Å². The number of benzene rings is 2. The van der Waals surface area contributed by atoms with Gasteiger partial charge in [-0.25, -0.2) is 4.98 Å². The Balaban J connectivity index is 0.000000242. The van der Waals surface area contributed by atoms with E-state index < -0.39 is 7.05 Å². The number of methoxy groups -OCH3 is 2. The Morgan fingerprint density at radius 1 is 0.772 bits per heavy atom. The maximum atomic E-state index is 13.3. The fourth-order valence-corrected chi connectivity index (χ4v) is 8.98. The Morgan fingerprint density at radius 2 is 1.25 bits per heavy atom. The van der Waals surface area contributed by atoms with Gasteiger partial charge in [0.2, 0.25) is 5.91 Å². The third-order valence-corrected chi connectivity index (χ3v) is 12.6. The maximum absolute atomic E-state index is 13.3. The molecular formula is C43H58BCl2N5O6. The van der Waals surface area contributed by atoms with Crippen LogP contribution in [-0.4, -0.2) is 103 Å². The van der Waals surface area contributed by atoms with Crippen LogP contribution in [0.15, 0.2) is 66.9 Å². The van der Waals surface area contributed by atoms with Crippen molar-refractivity contribution >= 4 is 53.9 Å². The standard InChI is InChI=1S/C27H35ClN4O3.C16H23BClNO3/c1-35-26(33)17-24(20-2-4-23(28)5-3-20)21-9-14-32(15-10-21)27(34)22-7-12-31(13-8-22)18-19-6-11-30-25(29)16-19;1-17(21)19-9-7-13(8-10-19)15(11-16(20)22-2)12-3-5-14(18)6-4-12/h2-6,11,16,21-22,24H,7-10,12-15,17-18H2,1H3,(H2,29,30);3-6,13,15,21H,7-11H2,1-2H3. The van der Waals surface area contributed by atoms with Crippen LogP contribution in [0.2, 0.25) is 16.9 Å². The molecule has 0 radical (unpaired) electrons. The lowest BCUT2D eigenvalue weighted by Crippen LogP contribution is -2.46. The van der Waals surface area contributed by atoms with E-state index in [9.17, 15) is 19.4 Å². The Bertz CT molecular complexity index is 1730. The van der Waals surface area contributed by atoms with Crippen LogP contribution in [0.3, 0.4) is 0 Å². The number of hydrogen-bond acceptors (Lipinski definition) is 10. The molecule has 3 fully saturated rings. The molecule has 57 heavy (non-hydrogen) atoms. The van der Waals surface area contributed by atoms with Gasteiger partial charge in [-0.2, -0.15) is 0 Å². The molecule has 6 rings (SSSR count). The summed E-state index contributed by atoms with van der Waals surface area (Å²) in [4.78, 5) is 47.7. The Hall–Kier alpha value is -3.68. The van der Waals surface area contributed by atoms with E-state index in [0.29, 0.717) is 40.5 Å². The van der Waals surface area contributed by atoms with Gasteiger partial charge in [-0.1, -0.05) is 47.5 Å². The zero-order chi connectivity index (χ0) is 40.9. The Morgan fingerprint density at radius 3 is 1.68 bits per heavy atom. The molecule has 0 spiro atoms. The SMILES string of the molecule is COC(=O)CC(c1ccc(Cl)cc1)C1CCN(B(C)O)CC1.COC(=O)CC(c1ccc(Cl)cc1)C1CCN(C(=O)C2CCN(Cc3ccnc(N)c3)CC2)CC1. The highest BCUT2D eigenvalue weighted by Crippen LogP contribution is 2.38. The van der Waals surface area contributed by atoms with Gasteiger partial charge in [0.05, 0.1) is 27.1 Å². The van der Waals surface area contributed by atoms with Gasteiger partial charge in [0.1, 0.15) is 5.82 Å². The molecule has 0 saturated carbocycles. The van der Waals surface area contributed by atoms with Crippen LogP contribution in [0.4, 0.5) is 5.82 Å². The number of carbonyl (C=O) groups is 3. The molecule has 308 valence electrons. The highest BCUT2D eigenvalue weighted by atomic mass is 35.5. The number of nitrogens with zero attached hydrogens (tertiary/aromatic N) is 4. The Kier molecular flexibility index (Phi) is 17.1. The smallest absolute Gasteiger partial charge is 0.376 e. The summed E-state index contributed by atoms with van der Waals surface area (Å²) in [5.74, 6) is 1.48. The van der Waals surface area contributed by atoms with E-state index in [1.54, 1.807) is 13.0 Å². The average Bonchev–Trinajstić information content (AvgIpc) is 3.23. The van der Waals surface area contributed by atoms with Crippen LogP contribution in [-0.2, 0) is 30.4 Å². The third kappa shape index (κ3) is 13.2. The second kappa shape index (κ2) is 21.9. The van der Waals surface area contributed by atoms with Crippen LogP contribution in [0, 0.1) is 17.8 Å². The molecule has 11 nitrogen and oxygen atoms in total. The number of rotatable bonds is 12. The van der Waals surface area contributed by atoms with Crippen LogP contribution in [0.5, 0.6) is 0 Å². The van der Waals surface area contributed by atoms with Gasteiger partial charge in [-0.05, 0) is 148 Å². The number of likely N-dealkylation sites (tertiary alicyclic amines) is 2. The minimum absolute atomic E-state index is 0.0717. The first-order chi connectivity index (χ1) is 27.4. The first-order valence-electron chi connectivity index (χ1n) is 20.2. The van der Waals surface area contributed by atoms with Crippen molar-refractivity contribution in [1.29, 1.82) is 0 Å². The highest BCUT2D eigenvalue weighted by molar-refractivity contribution is 6.45. The number of hydrogen-bond donors (Lipinski definition) is 2. The predicted molar refractivity (Wildman–Crippen MR) is 226 cm³/mol. The second-order valence-electron chi connectivity index (χ2n) is 15.7. The Labute approximate surface area is 348 Å². The second-order valence-corrected chi connectivity index (χ2v) is 16.6. The first-order valence-corrected chi connectivity index (χ1v) is 21.0. The maximum Gasteiger partial charge on any atom is 0.376 e. The molecule has 1 aromatic heterocycles.